The van der Waals surface area contributed by atoms with E-state index in [2.05, 4.69) is 44.1 Å². The lowest BCUT2D eigenvalue weighted by Crippen LogP contribution is -2.57. The third kappa shape index (κ3) is 6.35. The number of Topliss-reactive ketones (excluding diaryl/α,β-unsaturated/α-hetero) is 1. The van der Waals surface area contributed by atoms with Crippen LogP contribution < -0.4 is 15.0 Å². The van der Waals surface area contributed by atoms with E-state index >= 15 is 0 Å². The molecule has 0 bridgehead atoms. The van der Waals surface area contributed by atoms with Gasteiger partial charge in [-0.3, -0.25) is 4.79 Å². The number of rotatable bonds is 7. The van der Waals surface area contributed by atoms with Gasteiger partial charge in [-0.2, -0.15) is 5.26 Å². The van der Waals surface area contributed by atoms with Crippen LogP contribution in [-0.4, -0.2) is 35.9 Å². The molecule has 0 aliphatic carbocycles. The van der Waals surface area contributed by atoms with E-state index in [9.17, 15) is 10.1 Å². The van der Waals surface area contributed by atoms with Gasteiger partial charge in [0.15, 0.2) is 5.78 Å². The van der Waals surface area contributed by atoms with Gasteiger partial charge in [-0.25, -0.2) is 4.98 Å². The molecule has 1 fully saturated rings. The Bertz CT molecular complexity index is 1360. The molecule has 1 aliphatic rings. The summed E-state index contributed by atoms with van der Waals surface area (Å²) in [5, 5.41) is 14.0. The Kier molecular flexibility index (Phi) is 7.83. The maximum Gasteiger partial charge on any atom is 0.163 e. The summed E-state index contributed by atoms with van der Waals surface area (Å²) in [5.74, 6) is 1.98. The van der Waals surface area contributed by atoms with Crippen molar-refractivity contribution >= 4 is 23.2 Å². The molecular weight excluding hydrogens is 496 g/mol. The van der Waals surface area contributed by atoms with Crippen LogP contribution in [0.4, 0.5) is 5.82 Å². The van der Waals surface area contributed by atoms with E-state index in [1.54, 1.807) is 30.5 Å². The lowest BCUT2D eigenvalue weighted by atomic mass is 9.74. The zero-order valence-corrected chi connectivity index (χ0v) is 23.7. The molecule has 0 saturated carbocycles. The van der Waals surface area contributed by atoms with Crippen LogP contribution in [0, 0.1) is 17.2 Å². The van der Waals surface area contributed by atoms with Gasteiger partial charge < -0.3 is 15.0 Å². The van der Waals surface area contributed by atoms with Crippen LogP contribution in [-0.2, 0) is 0 Å². The Hall–Kier alpha value is -3.40. The minimum Gasteiger partial charge on any atom is -0.454 e. The van der Waals surface area contributed by atoms with Gasteiger partial charge in [0, 0.05) is 54.5 Å². The molecule has 1 N–H and O–H groups in total. The zero-order valence-electron chi connectivity index (χ0n) is 22.9. The van der Waals surface area contributed by atoms with Crippen LogP contribution in [0.15, 0.2) is 54.7 Å². The summed E-state index contributed by atoms with van der Waals surface area (Å²) in [6.45, 7) is 8.75. The van der Waals surface area contributed by atoms with Gasteiger partial charge in [0.05, 0.1) is 5.02 Å². The molecule has 0 unspecified atom stereocenters. The van der Waals surface area contributed by atoms with Crippen LogP contribution in [0.5, 0.6) is 11.5 Å². The van der Waals surface area contributed by atoms with Crippen LogP contribution >= 0.6 is 11.6 Å². The average Bonchev–Trinajstić information content (AvgIpc) is 2.83. The fourth-order valence-corrected chi connectivity index (χ4v) is 5.93. The number of ether oxygens (including phenoxy) is 1. The Labute approximate surface area is 230 Å². The monoisotopic (exact) mass is 530 g/mol. The first-order valence-corrected chi connectivity index (χ1v) is 13.2. The molecule has 1 aromatic heterocycles. The van der Waals surface area contributed by atoms with Gasteiger partial charge in [0.25, 0.3) is 0 Å². The lowest BCUT2D eigenvalue weighted by molar-refractivity contribution is 0.0864. The topological polar surface area (TPSA) is 78.2 Å². The summed E-state index contributed by atoms with van der Waals surface area (Å²) >= 11 is 6.57. The molecule has 4 rings (SSSR count). The fraction of sp³-hybridized carbons (Fsp3) is 0.387. The minimum absolute atomic E-state index is 0.0144. The second kappa shape index (κ2) is 10.8. The average molecular weight is 531 g/mol. The predicted molar refractivity (Wildman–Crippen MR) is 153 cm³/mol. The highest BCUT2D eigenvalue weighted by Gasteiger charge is 2.38. The number of benzene rings is 2. The fourth-order valence-electron chi connectivity index (χ4n) is 5.72. The van der Waals surface area contributed by atoms with Gasteiger partial charge in [-0.1, -0.05) is 23.7 Å². The SMILES string of the molecule is CN(C)c1ccc(-c2cccc(Oc3ccc(C(=O)CC4CC(C)(C)NC(C)(C)C4)cc3Cl)c2C#N)cn1. The first-order chi connectivity index (χ1) is 17.9. The summed E-state index contributed by atoms with van der Waals surface area (Å²) in [5.41, 5.74) is 2.46. The molecule has 2 aromatic carbocycles. The van der Waals surface area contributed by atoms with Gasteiger partial charge >= 0.3 is 0 Å². The van der Waals surface area contributed by atoms with Crippen molar-refractivity contribution in [3.63, 3.8) is 0 Å². The summed E-state index contributed by atoms with van der Waals surface area (Å²) < 4.78 is 6.09. The molecule has 7 heteroatoms. The Morgan fingerprint density at radius 3 is 2.39 bits per heavy atom. The van der Waals surface area contributed by atoms with Crippen molar-refractivity contribution in [1.29, 1.82) is 5.26 Å². The minimum atomic E-state index is -0.0144. The number of hydrogen-bond donors (Lipinski definition) is 1. The number of piperidine rings is 1. The number of carbonyl (C=O) groups is 1. The smallest absolute Gasteiger partial charge is 0.163 e. The summed E-state index contributed by atoms with van der Waals surface area (Å²) in [4.78, 5) is 19.5. The molecule has 198 valence electrons. The van der Waals surface area contributed by atoms with Crippen molar-refractivity contribution in [2.24, 2.45) is 5.92 Å². The van der Waals surface area contributed by atoms with E-state index in [-0.39, 0.29) is 16.9 Å². The second-order valence-electron chi connectivity index (χ2n) is 11.6. The first-order valence-electron chi connectivity index (χ1n) is 12.8. The van der Waals surface area contributed by atoms with Crippen molar-refractivity contribution < 1.29 is 9.53 Å². The van der Waals surface area contributed by atoms with E-state index < -0.39 is 0 Å². The Balaban J connectivity index is 1.53. The number of nitriles is 1. The van der Waals surface area contributed by atoms with E-state index in [0.717, 1.165) is 29.8 Å². The Morgan fingerprint density at radius 1 is 1.11 bits per heavy atom. The predicted octanol–water partition coefficient (Wildman–Crippen LogP) is 7.26. The van der Waals surface area contributed by atoms with Gasteiger partial charge in [0.1, 0.15) is 28.9 Å². The molecule has 2 heterocycles. The highest BCUT2D eigenvalue weighted by Crippen LogP contribution is 2.38. The van der Waals surface area contributed by atoms with Crippen LogP contribution in [0.2, 0.25) is 5.02 Å². The normalized spacial score (nSPS) is 16.5. The molecule has 0 spiro atoms. The van der Waals surface area contributed by atoms with E-state index in [1.165, 1.54) is 0 Å². The summed E-state index contributed by atoms with van der Waals surface area (Å²) in [7, 11) is 3.85. The second-order valence-corrected chi connectivity index (χ2v) is 12.0. The maximum absolute atomic E-state index is 13.2. The molecule has 6 nitrogen and oxygen atoms in total. The molecule has 1 aliphatic heterocycles. The van der Waals surface area contributed by atoms with Gasteiger partial charge in [-0.15, -0.1) is 0 Å². The first kappa shape index (κ1) is 27.6. The standard InChI is InChI=1S/C31H35ClN4O2/c1-30(2)16-20(17-31(3,4)35-30)14-26(37)21-10-12-28(25(32)15-21)38-27-9-7-8-23(24(27)18-33)22-11-13-29(34-19-22)36(5)6/h7-13,15,19-20,35H,14,16-17H2,1-6H3. The number of carbonyl (C=O) groups excluding carboxylic acids is 1. The largest absolute Gasteiger partial charge is 0.454 e. The van der Waals surface area contributed by atoms with E-state index in [4.69, 9.17) is 16.3 Å². The number of pyridine rings is 1. The quantitative estimate of drug-likeness (QED) is 0.324. The third-order valence-corrected chi connectivity index (χ3v) is 7.17. The van der Waals surface area contributed by atoms with Gasteiger partial charge in [0.2, 0.25) is 0 Å². The summed E-state index contributed by atoms with van der Waals surface area (Å²) in [6, 6.07) is 16.6. The number of nitrogens with one attached hydrogen (secondary N) is 1. The number of ketones is 1. The van der Waals surface area contributed by atoms with Crippen molar-refractivity contribution in [1.82, 2.24) is 10.3 Å². The van der Waals surface area contributed by atoms with Crippen molar-refractivity contribution in [3.8, 4) is 28.7 Å². The molecule has 38 heavy (non-hydrogen) atoms. The number of anilines is 1. The number of hydrogen-bond acceptors (Lipinski definition) is 6. The summed E-state index contributed by atoms with van der Waals surface area (Å²) in [6.07, 6.45) is 4.11. The van der Waals surface area contributed by atoms with Crippen LogP contribution in [0.25, 0.3) is 11.1 Å². The molecule has 3 aromatic rings. The van der Waals surface area contributed by atoms with Crippen LogP contribution in [0.1, 0.15) is 62.9 Å². The third-order valence-electron chi connectivity index (χ3n) is 6.88. The highest BCUT2D eigenvalue weighted by atomic mass is 35.5. The van der Waals surface area contributed by atoms with Crippen molar-refractivity contribution in [2.75, 3.05) is 19.0 Å². The highest BCUT2D eigenvalue weighted by molar-refractivity contribution is 6.32. The van der Waals surface area contributed by atoms with Crippen molar-refractivity contribution in [3.05, 3.63) is 70.9 Å². The number of nitrogens with zero attached hydrogens (tertiary/aromatic N) is 3. The lowest BCUT2D eigenvalue weighted by Gasteiger charge is -2.46. The van der Waals surface area contributed by atoms with Gasteiger partial charge in [-0.05, 0) is 82.9 Å². The molecule has 1 saturated heterocycles. The maximum atomic E-state index is 13.2. The van der Waals surface area contributed by atoms with E-state index in [1.807, 2.05) is 43.3 Å². The van der Waals surface area contributed by atoms with E-state index in [0.29, 0.717) is 40.0 Å². The molecular formula is C31H35ClN4O2. The molecule has 0 amide bonds. The zero-order chi connectivity index (χ0) is 27.7. The molecule has 0 atom stereocenters. The van der Waals surface area contributed by atoms with Crippen molar-refractivity contribution in [2.45, 2.75) is 58.0 Å². The Morgan fingerprint density at radius 2 is 1.82 bits per heavy atom. The number of halogens is 1. The molecule has 0 radical (unpaired) electrons. The van der Waals surface area contributed by atoms with Crippen LogP contribution in [0.3, 0.4) is 0 Å². The number of aromatic nitrogens is 1.